The maximum absolute atomic E-state index is 12.5. The minimum Gasteiger partial charge on any atom is -0.348 e. The highest BCUT2D eigenvalue weighted by atomic mass is 16.1. The second-order valence-electron chi connectivity index (χ2n) is 6.49. The predicted octanol–water partition coefficient (Wildman–Crippen LogP) is 5.41. The van der Waals surface area contributed by atoms with E-state index in [1.807, 2.05) is 54.6 Å². The molecule has 0 bridgehead atoms. The number of benzene rings is 3. The molecular weight excluding hydrogens is 306 g/mol. The van der Waals surface area contributed by atoms with Crippen LogP contribution < -0.4 is 5.32 Å². The van der Waals surface area contributed by atoms with Crippen molar-refractivity contribution in [2.24, 2.45) is 0 Å². The SMILES string of the molecule is CC(C)c1ccccc1-c1cccc(C(=O)NCc2ccccc2)c1. The molecule has 25 heavy (non-hydrogen) atoms. The smallest absolute Gasteiger partial charge is 0.251 e. The number of hydrogen-bond acceptors (Lipinski definition) is 1. The van der Waals surface area contributed by atoms with Gasteiger partial charge in [-0.3, -0.25) is 4.79 Å². The monoisotopic (exact) mass is 329 g/mol. The first kappa shape index (κ1) is 17.0. The summed E-state index contributed by atoms with van der Waals surface area (Å²) < 4.78 is 0. The van der Waals surface area contributed by atoms with E-state index in [9.17, 15) is 4.79 Å². The normalized spacial score (nSPS) is 10.7. The quantitative estimate of drug-likeness (QED) is 0.666. The Morgan fingerprint density at radius 1 is 0.880 bits per heavy atom. The van der Waals surface area contributed by atoms with Crippen LogP contribution in [0, 0.1) is 0 Å². The highest BCUT2D eigenvalue weighted by molar-refractivity contribution is 5.95. The van der Waals surface area contributed by atoms with Gasteiger partial charge < -0.3 is 5.32 Å². The predicted molar refractivity (Wildman–Crippen MR) is 104 cm³/mol. The third-order valence-electron chi connectivity index (χ3n) is 4.31. The fourth-order valence-corrected chi connectivity index (χ4v) is 2.97. The molecule has 0 aromatic heterocycles. The van der Waals surface area contributed by atoms with Gasteiger partial charge in [-0.25, -0.2) is 0 Å². The lowest BCUT2D eigenvalue weighted by Gasteiger charge is -2.13. The van der Waals surface area contributed by atoms with Gasteiger partial charge in [-0.15, -0.1) is 0 Å². The first-order valence-electron chi connectivity index (χ1n) is 8.66. The molecule has 0 aliphatic rings. The second-order valence-corrected chi connectivity index (χ2v) is 6.49. The maximum Gasteiger partial charge on any atom is 0.251 e. The van der Waals surface area contributed by atoms with Crippen molar-refractivity contribution >= 4 is 5.91 Å². The van der Waals surface area contributed by atoms with E-state index in [1.54, 1.807) is 0 Å². The zero-order valence-corrected chi connectivity index (χ0v) is 14.7. The summed E-state index contributed by atoms with van der Waals surface area (Å²) in [4.78, 5) is 12.5. The van der Waals surface area contributed by atoms with Crippen LogP contribution in [0.5, 0.6) is 0 Å². The molecule has 3 rings (SSSR count). The van der Waals surface area contributed by atoms with E-state index in [0.717, 1.165) is 11.1 Å². The Balaban J connectivity index is 1.81. The minimum absolute atomic E-state index is 0.0484. The lowest BCUT2D eigenvalue weighted by Crippen LogP contribution is -2.22. The maximum atomic E-state index is 12.5. The van der Waals surface area contributed by atoms with Gasteiger partial charge in [0.05, 0.1) is 0 Å². The van der Waals surface area contributed by atoms with Gasteiger partial charge >= 0.3 is 0 Å². The Hall–Kier alpha value is -2.87. The minimum atomic E-state index is -0.0484. The summed E-state index contributed by atoms with van der Waals surface area (Å²) in [6, 6.07) is 26.2. The van der Waals surface area contributed by atoms with Crippen LogP contribution in [0.15, 0.2) is 78.9 Å². The molecule has 1 amide bonds. The molecule has 0 aliphatic carbocycles. The average molecular weight is 329 g/mol. The summed E-state index contributed by atoms with van der Waals surface area (Å²) in [7, 11) is 0. The summed E-state index contributed by atoms with van der Waals surface area (Å²) in [6.45, 7) is 4.91. The van der Waals surface area contributed by atoms with Crippen molar-refractivity contribution in [3.63, 3.8) is 0 Å². The zero-order valence-electron chi connectivity index (χ0n) is 14.7. The van der Waals surface area contributed by atoms with E-state index in [-0.39, 0.29) is 5.91 Å². The summed E-state index contributed by atoms with van der Waals surface area (Å²) in [5.41, 5.74) is 5.35. The molecule has 0 fully saturated rings. The molecule has 0 saturated heterocycles. The van der Waals surface area contributed by atoms with E-state index in [0.29, 0.717) is 18.0 Å². The zero-order chi connectivity index (χ0) is 17.6. The molecule has 1 N–H and O–H groups in total. The van der Waals surface area contributed by atoms with Gasteiger partial charge in [-0.2, -0.15) is 0 Å². The van der Waals surface area contributed by atoms with Gasteiger partial charge in [-0.05, 0) is 40.3 Å². The summed E-state index contributed by atoms with van der Waals surface area (Å²) in [6.07, 6.45) is 0. The molecule has 0 atom stereocenters. The van der Waals surface area contributed by atoms with Crippen LogP contribution in [0.4, 0.5) is 0 Å². The van der Waals surface area contributed by atoms with Crippen molar-refractivity contribution in [2.45, 2.75) is 26.3 Å². The third kappa shape index (κ3) is 4.16. The molecule has 0 spiro atoms. The van der Waals surface area contributed by atoms with Crippen molar-refractivity contribution in [1.29, 1.82) is 0 Å². The van der Waals surface area contributed by atoms with Gasteiger partial charge in [0, 0.05) is 12.1 Å². The number of rotatable bonds is 5. The van der Waals surface area contributed by atoms with Crippen LogP contribution in [0.2, 0.25) is 0 Å². The molecule has 0 unspecified atom stereocenters. The van der Waals surface area contributed by atoms with Crippen LogP contribution in [-0.4, -0.2) is 5.91 Å². The van der Waals surface area contributed by atoms with Crippen LogP contribution in [0.3, 0.4) is 0 Å². The Labute approximate surface area is 149 Å². The Bertz CT molecular complexity index is 853. The summed E-state index contributed by atoms with van der Waals surface area (Å²) >= 11 is 0. The van der Waals surface area contributed by atoms with Gasteiger partial charge in [-0.1, -0.05) is 80.6 Å². The molecule has 0 heterocycles. The first-order chi connectivity index (χ1) is 12.1. The van der Waals surface area contributed by atoms with Crippen LogP contribution in [0.1, 0.15) is 41.3 Å². The highest BCUT2D eigenvalue weighted by Gasteiger charge is 2.11. The fourth-order valence-electron chi connectivity index (χ4n) is 2.97. The highest BCUT2D eigenvalue weighted by Crippen LogP contribution is 2.29. The number of carbonyl (C=O) groups excluding carboxylic acids is 1. The standard InChI is InChI=1S/C23H23NO/c1-17(2)21-13-6-7-14-22(21)19-11-8-12-20(15-19)23(25)24-16-18-9-4-3-5-10-18/h3-15,17H,16H2,1-2H3,(H,24,25). The molecule has 2 nitrogen and oxygen atoms in total. The van der Waals surface area contributed by atoms with Crippen molar-refractivity contribution < 1.29 is 4.79 Å². The van der Waals surface area contributed by atoms with Crippen molar-refractivity contribution in [3.8, 4) is 11.1 Å². The van der Waals surface area contributed by atoms with Crippen LogP contribution in [-0.2, 0) is 6.54 Å². The molecule has 0 radical (unpaired) electrons. The fraction of sp³-hybridized carbons (Fsp3) is 0.174. The largest absolute Gasteiger partial charge is 0.348 e. The lowest BCUT2D eigenvalue weighted by atomic mass is 9.92. The van der Waals surface area contributed by atoms with Gasteiger partial charge in [0.15, 0.2) is 0 Å². The molecule has 2 heteroatoms. The van der Waals surface area contributed by atoms with E-state index in [2.05, 4.69) is 43.4 Å². The van der Waals surface area contributed by atoms with E-state index >= 15 is 0 Å². The molecule has 0 aliphatic heterocycles. The Kier molecular flexibility index (Phi) is 5.30. The topological polar surface area (TPSA) is 29.1 Å². The average Bonchev–Trinajstić information content (AvgIpc) is 2.67. The van der Waals surface area contributed by atoms with Crippen LogP contribution in [0.25, 0.3) is 11.1 Å². The van der Waals surface area contributed by atoms with E-state index < -0.39 is 0 Å². The Morgan fingerprint density at radius 2 is 1.60 bits per heavy atom. The van der Waals surface area contributed by atoms with E-state index in [1.165, 1.54) is 11.1 Å². The molecule has 3 aromatic carbocycles. The molecule has 0 saturated carbocycles. The summed E-state index contributed by atoms with van der Waals surface area (Å²) in [5, 5.41) is 2.99. The Morgan fingerprint density at radius 3 is 2.36 bits per heavy atom. The first-order valence-corrected chi connectivity index (χ1v) is 8.66. The molecular formula is C23H23NO. The lowest BCUT2D eigenvalue weighted by molar-refractivity contribution is 0.0951. The van der Waals surface area contributed by atoms with Crippen molar-refractivity contribution in [2.75, 3.05) is 0 Å². The number of hydrogen-bond donors (Lipinski definition) is 1. The molecule has 126 valence electrons. The third-order valence-corrected chi connectivity index (χ3v) is 4.31. The number of amides is 1. The van der Waals surface area contributed by atoms with Crippen LogP contribution >= 0.6 is 0 Å². The second kappa shape index (κ2) is 7.80. The number of nitrogens with one attached hydrogen (secondary N) is 1. The number of carbonyl (C=O) groups is 1. The van der Waals surface area contributed by atoms with E-state index in [4.69, 9.17) is 0 Å². The summed E-state index contributed by atoms with van der Waals surface area (Å²) in [5.74, 6) is 0.388. The van der Waals surface area contributed by atoms with Gasteiger partial charge in [0.2, 0.25) is 0 Å². The van der Waals surface area contributed by atoms with Crippen molar-refractivity contribution in [3.05, 3.63) is 95.6 Å². The molecule has 3 aromatic rings. The van der Waals surface area contributed by atoms with Gasteiger partial charge in [0.1, 0.15) is 0 Å². The van der Waals surface area contributed by atoms with Gasteiger partial charge in [0.25, 0.3) is 5.91 Å². The van der Waals surface area contributed by atoms with Crippen molar-refractivity contribution in [1.82, 2.24) is 5.32 Å².